The molecule has 0 aromatic heterocycles. The zero-order chi connectivity index (χ0) is 21.7. The predicted octanol–water partition coefficient (Wildman–Crippen LogP) is 7.28. The van der Waals surface area contributed by atoms with Crippen molar-refractivity contribution >= 4 is 17.5 Å². The number of hydrogen-bond donors (Lipinski definition) is 1. The summed E-state index contributed by atoms with van der Waals surface area (Å²) < 4.78 is 0. The maximum absolute atomic E-state index is 11.9. The van der Waals surface area contributed by atoms with Gasteiger partial charge in [-0.15, -0.1) is 0 Å². The quantitative estimate of drug-likeness (QED) is 0.190. The van der Waals surface area contributed by atoms with Crippen molar-refractivity contribution in [2.45, 2.75) is 136 Å². The van der Waals surface area contributed by atoms with Crippen molar-refractivity contribution < 1.29 is 19.5 Å². The molecule has 0 bridgehead atoms. The van der Waals surface area contributed by atoms with Gasteiger partial charge in [0.2, 0.25) is 0 Å². The highest BCUT2D eigenvalue weighted by molar-refractivity contribution is 5.83. The molecule has 0 radical (unpaired) electrons. The second kappa shape index (κ2) is 20.1. The average molecular weight is 411 g/mol. The van der Waals surface area contributed by atoms with Crippen LogP contribution < -0.4 is 0 Å². The van der Waals surface area contributed by atoms with Crippen LogP contribution in [-0.2, 0) is 14.4 Å². The third-order valence-corrected chi connectivity index (χ3v) is 5.69. The van der Waals surface area contributed by atoms with Crippen LogP contribution in [0.15, 0.2) is 0 Å². The molecule has 1 N–H and O–H groups in total. The first-order valence-electron chi connectivity index (χ1n) is 12.2. The lowest BCUT2D eigenvalue weighted by Gasteiger charge is -2.09. The summed E-state index contributed by atoms with van der Waals surface area (Å²) in [4.78, 5) is 33.9. The molecule has 0 rings (SSSR count). The van der Waals surface area contributed by atoms with Gasteiger partial charge >= 0.3 is 5.97 Å². The Morgan fingerprint density at radius 3 is 1.38 bits per heavy atom. The number of Topliss-reactive ketones (excluding diaryl/α,β-unsaturated/α-hetero) is 2. The van der Waals surface area contributed by atoms with Gasteiger partial charge in [0, 0.05) is 19.3 Å². The van der Waals surface area contributed by atoms with Crippen molar-refractivity contribution in [3.63, 3.8) is 0 Å². The highest BCUT2D eigenvalue weighted by atomic mass is 16.4. The number of carboxylic acid groups (broad SMARTS) is 1. The van der Waals surface area contributed by atoms with Crippen molar-refractivity contribution in [3.8, 4) is 0 Å². The highest BCUT2D eigenvalue weighted by Gasteiger charge is 2.19. The van der Waals surface area contributed by atoms with E-state index in [1.165, 1.54) is 70.6 Å². The maximum atomic E-state index is 11.9. The first kappa shape index (κ1) is 27.8. The molecule has 29 heavy (non-hydrogen) atoms. The SMILES string of the molecule is CCCC(CC(=O)CCCCCCCCCCCCCCCCC(C)=O)C(=O)O. The van der Waals surface area contributed by atoms with E-state index in [1.807, 2.05) is 6.92 Å². The minimum atomic E-state index is -0.829. The number of aliphatic carboxylic acids is 1. The molecule has 0 heterocycles. The summed E-state index contributed by atoms with van der Waals surface area (Å²) in [6.45, 7) is 3.63. The van der Waals surface area contributed by atoms with Gasteiger partial charge in [0.15, 0.2) is 0 Å². The zero-order valence-corrected chi connectivity index (χ0v) is 19.2. The summed E-state index contributed by atoms with van der Waals surface area (Å²) in [6, 6.07) is 0. The molecule has 4 nitrogen and oxygen atoms in total. The zero-order valence-electron chi connectivity index (χ0n) is 19.2. The van der Waals surface area contributed by atoms with E-state index in [0.717, 1.165) is 32.1 Å². The lowest BCUT2D eigenvalue weighted by Crippen LogP contribution is -2.17. The van der Waals surface area contributed by atoms with Crippen LogP contribution in [0.2, 0.25) is 0 Å². The fraction of sp³-hybridized carbons (Fsp3) is 0.880. The Balaban J connectivity index is 3.32. The van der Waals surface area contributed by atoms with E-state index in [2.05, 4.69) is 0 Å². The van der Waals surface area contributed by atoms with Gasteiger partial charge in [0.05, 0.1) is 5.92 Å². The topological polar surface area (TPSA) is 71.4 Å². The lowest BCUT2D eigenvalue weighted by atomic mass is 9.95. The Labute approximate surface area is 179 Å². The van der Waals surface area contributed by atoms with E-state index in [4.69, 9.17) is 5.11 Å². The van der Waals surface area contributed by atoms with Gasteiger partial charge in [-0.1, -0.05) is 90.4 Å². The number of ketones is 2. The number of rotatable bonds is 22. The fourth-order valence-corrected chi connectivity index (χ4v) is 3.86. The van der Waals surface area contributed by atoms with Crippen molar-refractivity contribution in [2.75, 3.05) is 0 Å². The van der Waals surface area contributed by atoms with E-state index in [0.29, 0.717) is 18.6 Å². The van der Waals surface area contributed by atoms with Gasteiger partial charge < -0.3 is 9.90 Å². The number of carbonyl (C=O) groups is 3. The Bertz CT molecular complexity index is 431. The molecule has 0 saturated heterocycles. The first-order chi connectivity index (χ1) is 14.0. The largest absolute Gasteiger partial charge is 0.481 e. The summed E-state index contributed by atoms with van der Waals surface area (Å²) in [5, 5.41) is 9.11. The fourth-order valence-electron chi connectivity index (χ4n) is 3.86. The van der Waals surface area contributed by atoms with E-state index < -0.39 is 11.9 Å². The Hall–Kier alpha value is -1.19. The van der Waals surface area contributed by atoms with Crippen LogP contribution in [0.1, 0.15) is 136 Å². The van der Waals surface area contributed by atoms with E-state index in [1.54, 1.807) is 6.92 Å². The first-order valence-corrected chi connectivity index (χ1v) is 12.2. The van der Waals surface area contributed by atoms with Gasteiger partial charge in [-0.2, -0.15) is 0 Å². The predicted molar refractivity (Wildman–Crippen MR) is 120 cm³/mol. The standard InChI is InChI=1S/C25H46O4/c1-3-18-23(25(28)29)21-24(27)20-17-15-13-11-9-7-5-4-6-8-10-12-14-16-19-22(2)26/h23H,3-21H2,1-2H3,(H,28,29). The monoisotopic (exact) mass is 410 g/mol. The summed E-state index contributed by atoms with van der Waals surface area (Å²) in [5.41, 5.74) is 0. The molecule has 170 valence electrons. The molecular weight excluding hydrogens is 364 g/mol. The summed E-state index contributed by atoms with van der Waals surface area (Å²) >= 11 is 0. The molecule has 0 aliphatic carbocycles. The third-order valence-electron chi connectivity index (χ3n) is 5.69. The van der Waals surface area contributed by atoms with Gasteiger partial charge in [-0.3, -0.25) is 9.59 Å². The molecule has 0 saturated carbocycles. The van der Waals surface area contributed by atoms with Crippen molar-refractivity contribution in [3.05, 3.63) is 0 Å². The van der Waals surface area contributed by atoms with Crippen LogP contribution in [0.5, 0.6) is 0 Å². The molecule has 0 aromatic carbocycles. The van der Waals surface area contributed by atoms with Crippen LogP contribution in [-0.4, -0.2) is 22.6 Å². The molecule has 0 amide bonds. The Morgan fingerprint density at radius 1 is 0.655 bits per heavy atom. The van der Waals surface area contributed by atoms with Crippen LogP contribution in [0.25, 0.3) is 0 Å². The molecule has 0 aromatic rings. The van der Waals surface area contributed by atoms with E-state index in [-0.39, 0.29) is 12.2 Å². The van der Waals surface area contributed by atoms with Crippen molar-refractivity contribution in [1.29, 1.82) is 0 Å². The molecule has 0 aliphatic rings. The van der Waals surface area contributed by atoms with Crippen molar-refractivity contribution in [1.82, 2.24) is 0 Å². The molecule has 0 spiro atoms. The minimum Gasteiger partial charge on any atom is -0.481 e. The van der Waals surface area contributed by atoms with Crippen LogP contribution >= 0.6 is 0 Å². The molecule has 4 heteroatoms. The summed E-state index contributed by atoms with van der Waals surface area (Å²) in [6.07, 6.45) is 20.1. The smallest absolute Gasteiger partial charge is 0.306 e. The second-order valence-corrected chi connectivity index (χ2v) is 8.72. The Kier molecular flexibility index (Phi) is 19.3. The number of carboxylic acids is 1. The normalized spacial score (nSPS) is 12.1. The molecule has 0 fully saturated rings. The number of carbonyl (C=O) groups excluding carboxylic acids is 2. The summed E-state index contributed by atoms with van der Waals surface area (Å²) in [5.74, 6) is -0.886. The van der Waals surface area contributed by atoms with E-state index in [9.17, 15) is 14.4 Å². The van der Waals surface area contributed by atoms with Crippen molar-refractivity contribution in [2.24, 2.45) is 5.92 Å². The average Bonchev–Trinajstić information content (AvgIpc) is 2.67. The molecule has 1 atom stereocenters. The highest BCUT2D eigenvalue weighted by Crippen LogP contribution is 2.16. The van der Waals surface area contributed by atoms with Gasteiger partial charge in [0.25, 0.3) is 0 Å². The molecular formula is C25H46O4. The van der Waals surface area contributed by atoms with Crippen LogP contribution in [0.4, 0.5) is 0 Å². The van der Waals surface area contributed by atoms with Crippen LogP contribution in [0.3, 0.4) is 0 Å². The summed E-state index contributed by atoms with van der Waals surface area (Å²) in [7, 11) is 0. The second-order valence-electron chi connectivity index (χ2n) is 8.72. The van der Waals surface area contributed by atoms with Gasteiger partial charge in [-0.25, -0.2) is 0 Å². The van der Waals surface area contributed by atoms with E-state index >= 15 is 0 Å². The van der Waals surface area contributed by atoms with Crippen LogP contribution in [0, 0.1) is 5.92 Å². The Morgan fingerprint density at radius 2 is 1.03 bits per heavy atom. The van der Waals surface area contributed by atoms with Gasteiger partial charge in [0.1, 0.15) is 11.6 Å². The number of hydrogen-bond acceptors (Lipinski definition) is 3. The minimum absolute atomic E-state index is 0.115. The van der Waals surface area contributed by atoms with Gasteiger partial charge in [-0.05, 0) is 26.2 Å². The molecule has 1 unspecified atom stereocenters. The molecule has 0 aliphatic heterocycles. The third kappa shape index (κ3) is 19.9. The number of unbranched alkanes of at least 4 members (excludes halogenated alkanes) is 13. The lowest BCUT2D eigenvalue weighted by molar-refractivity contribution is -0.144. The maximum Gasteiger partial charge on any atom is 0.306 e.